The van der Waals surface area contributed by atoms with Gasteiger partial charge < -0.3 is 10.4 Å². The van der Waals surface area contributed by atoms with Gasteiger partial charge in [0.15, 0.2) is 6.04 Å². The number of rotatable bonds is 1. The first kappa shape index (κ1) is 14.6. The number of aliphatic hydroxyl groups is 1. The fraction of sp³-hybridized carbons (Fsp3) is 0.400. The number of allylic oxidation sites excluding steroid dienone is 2. The number of carbonyl (C=O) groups excluding carboxylic acids is 1. The monoisotopic (exact) mass is 421 g/mol. The van der Waals surface area contributed by atoms with Gasteiger partial charge in [0, 0.05) is 15.1 Å². The minimum absolute atomic E-state index is 0.0357. The molecule has 0 saturated carbocycles. The SMILES string of the molecule is O=C1NNC(O)C2NC3=CC(Br)=C(Br)C([N+](=O)[O-])C3N=C12. The van der Waals surface area contributed by atoms with E-state index >= 15 is 0 Å². The summed E-state index contributed by atoms with van der Waals surface area (Å²) in [4.78, 5) is 26.8. The maximum atomic E-state index is 11.8. The van der Waals surface area contributed by atoms with Crippen molar-refractivity contribution in [3.05, 3.63) is 30.9 Å². The van der Waals surface area contributed by atoms with E-state index < -0.39 is 35.2 Å². The lowest BCUT2D eigenvalue weighted by molar-refractivity contribution is -0.512. The second-order valence-electron chi connectivity index (χ2n) is 4.65. The zero-order valence-corrected chi connectivity index (χ0v) is 13.4. The number of aliphatic hydroxyl groups excluding tert-OH is 1. The number of carbonyl (C=O) groups is 1. The smallest absolute Gasteiger partial charge is 0.281 e. The Morgan fingerprint density at radius 3 is 2.81 bits per heavy atom. The molecule has 1 saturated heterocycles. The predicted molar refractivity (Wildman–Crippen MR) is 79.2 cm³/mol. The van der Waals surface area contributed by atoms with Gasteiger partial charge in [0.25, 0.3) is 11.9 Å². The van der Waals surface area contributed by atoms with E-state index in [-0.39, 0.29) is 5.71 Å². The van der Waals surface area contributed by atoms with E-state index in [0.717, 1.165) is 0 Å². The third-order valence-corrected chi connectivity index (χ3v) is 5.48. The van der Waals surface area contributed by atoms with E-state index in [1.54, 1.807) is 6.08 Å². The average Bonchev–Trinajstić information content (AvgIpc) is 2.43. The van der Waals surface area contributed by atoms with Crippen molar-refractivity contribution in [3.63, 3.8) is 0 Å². The predicted octanol–water partition coefficient (Wildman–Crippen LogP) is -0.735. The van der Waals surface area contributed by atoms with Crippen LogP contribution in [0, 0.1) is 10.1 Å². The van der Waals surface area contributed by atoms with E-state index in [2.05, 4.69) is 53.0 Å². The van der Waals surface area contributed by atoms with Crippen molar-refractivity contribution in [2.45, 2.75) is 24.4 Å². The third kappa shape index (κ3) is 2.29. The fourth-order valence-corrected chi connectivity index (χ4v) is 3.42. The van der Waals surface area contributed by atoms with Gasteiger partial charge in [-0.25, -0.2) is 5.43 Å². The highest BCUT2D eigenvalue weighted by Crippen LogP contribution is 2.36. The zero-order valence-electron chi connectivity index (χ0n) is 10.2. The number of hydrogen-bond acceptors (Lipinski definition) is 7. The summed E-state index contributed by atoms with van der Waals surface area (Å²) >= 11 is 6.43. The summed E-state index contributed by atoms with van der Waals surface area (Å²) in [5.74, 6) is -0.524. The highest BCUT2D eigenvalue weighted by molar-refractivity contribution is 9.14. The first-order chi connectivity index (χ1) is 9.90. The normalized spacial score (nSPS) is 34.9. The van der Waals surface area contributed by atoms with Crippen molar-refractivity contribution in [1.29, 1.82) is 0 Å². The van der Waals surface area contributed by atoms with E-state index in [4.69, 9.17) is 0 Å². The molecule has 4 N–H and O–H groups in total. The van der Waals surface area contributed by atoms with E-state index in [1.807, 2.05) is 0 Å². The number of hydrogen-bond donors (Lipinski definition) is 4. The molecule has 0 aromatic heterocycles. The summed E-state index contributed by atoms with van der Waals surface area (Å²) in [6.45, 7) is 0. The van der Waals surface area contributed by atoms with Gasteiger partial charge in [-0.05, 0) is 37.9 Å². The van der Waals surface area contributed by atoms with Crippen LogP contribution >= 0.6 is 31.9 Å². The standard InChI is InChI=1S/C10H9Br2N5O4/c11-2-1-3-5(8(4(2)12)17(20)21)14-7-6(13-3)9(18)15-16-10(7)19/h1,5-6,8-9,13,15,18H,(H,16,19). The molecule has 0 radical (unpaired) electrons. The van der Waals surface area contributed by atoms with Gasteiger partial charge in [-0.3, -0.25) is 25.3 Å². The van der Waals surface area contributed by atoms with Crippen LogP contribution in [0.15, 0.2) is 25.7 Å². The van der Waals surface area contributed by atoms with Crippen LogP contribution in [0.4, 0.5) is 0 Å². The fourth-order valence-electron chi connectivity index (χ4n) is 2.41. The van der Waals surface area contributed by atoms with Crippen LogP contribution in [-0.2, 0) is 4.79 Å². The van der Waals surface area contributed by atoms with Crippen LogP contribution in [0.5, 0.6) is 0 Å². The minimum Gasteiger partial charge on any atom is -0.374 e. The average molecular weight is 423 g/mol. The Morgan fingerprint density at radius 2 is 2.14 bits per heavy atom. The molecule has 9 nitrogen and oxygen atoms in total. The van der Waals surface area contributed by atoms with Gasteiger partial charge >= 0.3 is 0 Å². The molecule has 0 aromatic carbocycles. The Morgan fingerprint density at radius 1 is 1.43 bits per heavy atom. The molecule has 3 aliphatic rings. The topological polar surface area (TPSA) is 129 Å². The molecule has 21 heavy (non-hydrogen) atoms. The largest absolute Gasteiger partial charge is 0.374 e. The second-order valence-corrected chi connectivity index (χ2v) is 6.36. The van der Waals surface area contributed by atoms with Crippen molar-refractivity contribution >= 4 is 43.5 Å². The molecular formula is C10H9Br2N5O4. The molecule has 2 heterocycles. The summed E-state index contributed by atoms with van der Waals surface area (Å²) in [7, 11) is 0. The van der Waals surface area contributed by atoms with Crippen LogP contribution < -0.4 is 16.2 Å². The van der Waals surface area contributed by atoms with Crippen LogP contribution in [0.2, 0.25) is 0 Å². The molecule has 11 heteroatoms. The molecule has 3 rings (SSSR count). The van der Waals surface area contributed by atoms with Crippen molar-refractivity contribution in [2.75, 3.05) is 0 Å². The van der Waals surface area contributed by atoms with E-state index in [1.165, 1.54) is 0 Å². The van der Waals surface area contributed by atoms with Crippen molar-refractivity contribution in [3.8, 4) is 0 Å². The molecule has 4 unspecified atom stereocenters. The summed E-state index contributed by atoms with van der Waals surface area (Å²) in [6, 6.07) is -2.75. The number of nitrogens with zero attached hydrogens (tertiary/aromatic N) is 2. The molecular weight excluding hydrogens is 414 g/mol. The lowest BCUT2D eigenvalue weighted by atomic mass is 9.94. The van der Waals surface area contributed by atoms with Gasteiger partial charge in [0.2, 0.25) is 0 Å². The maximum absolute atomic E-state index is 11.8. The molecule has 1 fully saturated rings. The summed E-state index contributed by atoms with van der Waals surface area (Å²) < 4.78 is 0.866. The minimum atomic E-state index is -1.14. The molecule has 2 aliphatic heterocycles. The highest BCUT2D eigenvalue weighted by Gasteiger charge is 2.47. The molecule has 1 amide bonds. The number of amides is 1. The van der Waals surface area contributed by atoms with Crippen LogP contribution in [0.1, 0.15) is 0 Å². The Kier molecular flexibility index (Phi) is 3.59. The molecule has 0 bridgehead atoms. The van der Waals surface area contributed by atoms with Crippen LogP contribution in [0.3, 0.4) is 0 Å². The molecule has 4 atom stereocenters. The molecule has 1 aliphatic carbocycles. The Bertz CT molecular complexity index is 631. The summed E-state index contributed by atoms with van der Waals surface area (Å²) in [5.41, 5.74) is 5.16. The van der Waals surface area contributed by atoms with Gasteiger partial charge in [-0.1, -0.05) is 0 Å². The van der Waals surface area contributed by atoms with Gasteiger partial charge in [-0.2, -0.15) is 0 Å². The Labute approximate surface area is 134 Å². The lowest BCUT2D eigenvalue weighted by Crippen LogP contribution is -2.68. The van der Waals surface area contributed by atoms with Crippen molar-refractivity contribution in [2.24, 2.45) is 4.99 Å². The first-order valence-electron chi connectivity index (χ1n) is 5.88. The quantitative estimate of drug-likeness (QED) is 0.325. The van der Waals surface area contributed by atoms with Crippen molar-refractivity contribution in [1.82, 2.24) is 16.2 Å². The van der Waals surface area contributed by atoms with Crippen LogP contribution in [-0.4, -0.2) is 46.0 Å². The number of hydrazine groups is 1. The van der Waals surface area contributed by atoms with Crippen molar-refractivity contribution < 1.29 is 14.8 Å². The Hall–Kier alpha value is -1.30. The number of fused-ring (bicyclic) bond motifs is 2. The number of nitro groups is 1. The Balaban J connectivity index is 2.08. The van der Waals surface area contributed by atoms with Gasteiger partial charge in [0.05, 0.1) is 4.48 Å². The first-order valence-corrected chi connectivity index (χ1v) is 7.47. The summed E-state index contributed by atoms with van der Waals surface area (Å²) in [6.07, 6.45) is 0.569. The van der Waals surface area contributed by atoms with Crippen LogP contribution in [0.25, 0.3) is 0 Å². The number of aliphatic imine (C=N–C) groups is 1. The highest BCUT2D eigenvalue weighted by atomic mass is 79.9. The number of halogens is 2. The maximum Gasteiger partial charge on any atom is 0.281 e. The second kappa shape index (κ2) is 5.16. The molecule has 0 spiro atoms. The lowest BCUT2D eigenvalue weighted by Gasteiger charge is -2.38. The summed E-state index contributed by atoms with van der Waals surface area (Å²) in [5, 5.41) is 24.1. The van der Waals surface area contributed by atoms with E-state index in [0.29, 0.717) is 14.7 Å². The third-order valence-electron chi connectivity index (χ3n) is 3.39. The zero-order chi connectivity index (χ0) is 15.3. The number of nitrogens with one attached hydrogen (secondary N) is 3. The van der Waals surface area contributed by atoms with E-state index in [9.17, 15) is 20.0 Å². The van der Waals surface area contributed by atoms with Gasteiger partial charge in [0.1, 0.15) is 18.0 Å². The molecule has 112 valence electrons. The van der Waals surface area contributed by atoms with Gasteiger partial charge in [-0.15, -0.1) is 0 Å². The molecule has 0 aromatic rings.